The van der Waals surface area contributed by atoms with E-state index >= 15 is 0 Å². The topological polar surface area (TPSA) is 42.1 Å². The van der Waals surface area contributed by atoms with Crippen LogP contribution in [-0.2, 0) is 6.54 Å². The van der Waals surface area contributed by atoms with E-state index in [0.29, 0.717) is 4.99 Å². The molecule has 5 heteroatoms. The highest BCUT2D eigenvalue weighted by atomic mass is 79.9. The summed E-state index contributed by atoms with van der Waals surface area (Å²) >= 11 is 8.45. The number of nitrogens with zero attached hydrogens (tertiary/aromatic N) is 2. The highest BCUT2D eigenvalue weighted by Crippen LogP contribution is 2.20. The van der Waals surface area contributed by atoms with E-state index in [1.165, 1.54) is 6.42 Å². The van der Waals surface area contributed by atoms with Gasteiger partial charge < -0.3 is 5.73 Å². The molecule has 2 N–H and O–H groups in total. The second-order valence-electron chi connectivity index (χ2n) is 4.00. The number of likely N-dealkylation sites (tertiary alicyclic amines) is 1. The first-order chi connectivity index (χ1) is 7.66. The molecule has 1 aliphatic heterocycles. The summed E-state index contributed by atoms with van der Waals surface area (Å²) in [6.07, 6.45) is 4.06. The molecule has 16 heavy (non-hydrogen) atoms. The van der Waals surface area contributed by atoms with Crippen LogP contribution in [0.15, 0.2) is 22.8 Å². The first-order valence-corrected chi connectivity index (χ1v) is 6.51. The maximum Gasteiger partial charge on any atom is 0.0902 e. The number of nitrogens with two attached hydrogens (primary N) is 1. The second-order valence-corrected chi connectivity index (χ2v) is 5.39. The van der Waals surface area contributed by atoms with E-state index in [9.17, 15) is 0 Å². The lowest BCUT2D eigenvalue weighted by Gasteiger charge is -2.22. The molecule has 1 saturated heterocycles. The minimum atomic E-state index is 0.250. The molecule has 1 unspecified atom stereocenters. The van der Waals surface area contributed by atoms with Crippen molar-refractivity contribution in [2.45, 2.75) is 25.4 Å². The Hall–Kier alpha value is -0.520. The second kappa shape index (κ2) is 5.21. The molecule has 0 aromatic carbocycles. The summed E-state index contributed by atoms with van der Waals surface area (Å²) in [4.78, 5) is 7.27. The van der Waals surface area contributed by atoms with Gasteiger partial charge in [-0.2, -0.15) is 0 Å². The molecule has 1 fully saturated rings. The highest BCUT2D eigenvalue weighted by molar-refractivity contribution is 9.10. The lowest BCUT2D eigenvalue weighted by Crippen LogP contribution is -2.38. The fourth-order valence-corrected chi connectivity index (χ4v) is 2.55. The van der Waals surface area contributed by atoms with Crippen molar-refractivity contribution in [2.75, 3.05) is 6.54 Å². The van der Waals surface area contributed by atoms with Crippen molar-refractivity contribution in [1.82, 2.24) is 9.88 Å². The molecule has 1 aromatic heterocycles. The molecule has 86 valence electrons. The van der Waals surface area contributed by atoms with Gasteiger partial charge in [-0.3, -0.25) is 9.88 Å². The van der Waals surface area contributed by atoms with Crippen LogP contribution in [0.4, 0.5) is 0 Å². The first kappa shape index (κ1) is 12.0. The largest absolute Gasteiger partial charge is 0.392 e. The Labute approximate surface area is 109 Å². The average Bonchev–Trinajstić information content (AvgIpc) is 2.69. The van der Waals surface area contributed by atoms with Crippen LogP contribution in [0.25, 0.3) is 0 Å². The van der Waals surface area contributed by atoms with Gasteiger partial charge in [0, 0.05) is 17.2 Å². The van der Waals surface area contributed by atoms with Gasteiger partial charge >= 0.3 is 0 Å². The van der Waals surface area contributed by atoms with Gasteiger partial charge in [-0.05, 0) is 47.4 Å². The number of hydrogen-bond donors (Lipinski definition) is 1. The van der Waals surface area contributed by atoms with Crippen LogP contribution in [0.3, 0.4) is 0 Å². The van der Waals surface area contributed by atoms with E-state index in [4.69, 9.17) is 18.0 Å². The standard InChI is InChI=1S/C11H14BrN3S/c12-8-3-4-9(14-6-8)7-15-5-1-2-10(15)11(13)16/h3-4,6,10H,1-2,5,7H2,(H2,13,16). The minimum Gasteiger partial charge on any atom is -0.392 e. The summed E-state index contributed by atoms with van der Waals surface area (Å²) in [5, 5.41) is 0. The van der Waals surface area contributed by atoms with Gasteiger partial charge in [0.1, 0.15) is 0 Å². The minimum absolute atomic E-state index is 0.250. The van der Waals surface area contributed by atoms with Crippen molar-refractivity contribution < 1.29 is 0 Å². The number of halogens is 1. The number of rotatable bonds is 3. The Morgan fingerprint density at radius 1 is 1.62 bits per heavy atom. The van der Waals surface area contributed by atoms with Crippen LogP contribution < -0.4 is 5.73 Å². The lowest BCUT2D eigenvalue weighted by molar-refractivity contribution is 0.291. The SMILES string of the molecule is NC(=S)C1CCCN1Cc1ccc(Br)cn1. The predicted octanol–water partition coefficient (Wildman–Crippen LogP) is 2.09. The van der Waals surface area contributed by atoms with Crippen molar-refractivity contribution in [3.05, 3.63) is 28.5 Å². The van der Waals surface area contributed by atoms with Gasteiger partial charge in [0.15, 0.2) is 0 Å². The molecule has 0 amide bonds. The van der Waals surface area contributed by atoms with E-state index in [1.54, 1.807) is 0 Å². The van der Waals surface area contributed by atoms with Crippen molar-refractivity contribution in [1.29, 1.82) is 0 Å². The smallest absolute Gasteiger partial charge is 0.0902 e. The van der Waals surface area contributed by atoms with E-state index < -0.39 is 0 Å². The van der Waals surface area contributed by atoms with E-state index in [-0.39, 0.29) is 6.04 Å². The molecule has 0 bridgehead atoms. The highest BCUT2D eigenvalue weighted by Gasteiger charge is 2.26. The molecule has 2 rings (SSSR count). The van der Waals surface area contributed by atoms with Gasteiger partial charge in [-0.15, -0.1) is 0 Å². The zero-order chi connectivity index (χ0) is 11.5. The van der Waals surface area contributed by atoms with Crippen LogP contribution >= 0.6 is 28.1 Å². The quantitative estimate of drug-likeness (QED) is 0.868. The normalized spacial score (nSPS) is 21.2. The third kappa shape index (κ3) is 2.78. The van der Waals surface area contributed by atoms with Gasteiger partial charge in [-0.25, -0.2) is 0 Å². The van der Waals surface area contributed by atoms with Crippen LogP contribution in [0.2, 0.25) is 0 Å². The third-order valence-electron chi connectivity index (χ3n) is 2.85. The maximum atomic E-state index is 5.73. The fourth-order valence-electron chi connectivity index (χ4n) is 2.05. The van der Waals surface area contributed by atoms with E-state index in [1.807, 2.05) is 18.3 Å². The Morgan fingerprint density at radius 3 is 3.06 bits per heavy atom. The van der Waals surface area contributed by atoms with Gasteiger partial charge in [0.05, 0.1) is 16.7 Å². The monoisotopic (exact) mass is 299 g/mol. The van der Waals surface area contributed by atoms with Crippen LogP contribution in [0.5, 0.6) is 0 Å². The van der Waals surface area contributed by atoms with Gasteiger partial charge in [-0.1, -0.05) is 12.2 Å². The van der Waals surface area contributed by atoms with Crippen LogP contribution in [-0.4, -0.2) is 27.5 Å². The summed E-state index contributed by atoms with van der Waals surface area (Å²) in [6.45, 7) is 1.88. The Morgan fingerprint density at radius 2 is 2.44 bits per heavy atom. The lowest BCUT2D eigenvalue weighted by atomic mass is 10.2. The van der Waals surface area contributed by atoms with Gasteiger partial charge in [0.25, 0.3) is 0 Å². The summed E-state index contributed by atoms with van der Waals surface area (Å²) in [5.74, 6) is 0. The van der Waals surface area contributed by atoms with E-state index in [2.05, 4.69) is 25.8 Å². The maximum absolute atomic E-state index is 5.73. The Bertz CT molecular complexity index is 379. The molecule has 0 saturated carbocycles. The predicted molar refractivity (Wildman–Crippen MR) is 72.2 cm³/mol. The first-order valence-electron chi connectivity index (χ1n) is 5.30. The number of thiocarbonyl (C=S) groups is 1. The summed E-state index contributed by atoms with van der Waals surface area (Å²) in [5.41, 5.74) is 6.79. The average molecular weight is 300 g/mol. The number of hydrogen-bond acceptors (Lipinski definition) is 3. The molecular formula is C11H14BrN3S. The molecule has 1 aromatic rings. The molecule has 0 aliphatic carbocycles. The molecule has 0 radical (unpaired) electrons. The summed E-state index contributed by atoms with van der Waals surface area (Å²) < 4.78 is 1.00. The fraction of sp³-hybridized carbons (Fsp3) is 0.455. The number of pyridine rings is 1. The third-order valence-corrected chi connectivity index (χ3v) is 3.59. The summed E-state index contributed by atoms with van der Waals surface area (Å²) in [6, 6.07) is 4.29. The molecule has 1 atom stereocenters. The summed E-state index contributed by atoms with van der Waals surface area (Å²) in [7, 11) is 0. The number of aromatic nitrogens is 1. The van der Waals surface area contributed by atoms with Crippen LogP contribution in [0, 0.1) is 0 Å². The zero-order valence-corrected chi connectivity index (χ0v) is 11.3. The van der Waals surface area contributed by atoms with Crippen LogP contribution in [0.1, 0.15) is 18.5 Å². The molecule has 0 spiro atoms. The molecule has 3 nitrogen and oxygen atoms in total. The molecular weight excluding hydrogens is 286 g/mol. The van der Waals surface area contributed by atoms with Crippen molar-refractivity contribution in [3.63, 3.8) is 0 Å². The van der Waals surface area contributed by atoms with E-state index in [0.717, 1.165) is 29.7 Å². The van der Waals surface area contributed by atoms with Gasteiger partial charge in [0.2, 0.25) is 0 Å². The molecule has 1 aliphatic rings. The van der Waals surface area contributed by atoms with Crippen molar-refractivity contribution in [3.8, 4) is 0 Å². The Kier molecular flexibility index (Phi) is 3.89. The van der Waals surface area contributed by atoms with Crippen molar-refractivity contribution >= 4 is 33.1 Å². The van der Waals surface area contributed by atoms with Crippen molar-refractivity contribution in [2.24, 2.45) is 5.73 Å². The molecule has 2 heterocycles. The Balaban J connectivity index is 2.03. The zero-order valence-electron chi connectivity index (χ0n) is 8.90.